The first-order valence-electron chi connectivity index (χ1n) is 8.12. The summed E-state index contributed by atoms with van der Waals surface area (Å²) in [7, 11) is 1.50. The molecule has 0 atom stereocenters. The Morgan fingerprint density at radius 1 is 1.08 bits per heavy atom. The molecular formula is C18H21F3N4O. The van der Waals surface area contributed by atoms with E-state index < -0.39 is 12.6 Å². The van der Waals surface area contributed by atoms with Crippen LogP contribution in [0, 0.1) is 0 Å². The second-order valence-electron chi connectivity index (χ2n) is 5.70. The Bertz CT molecular complexity index is 782. The number of rotatable bonds is 6. The average molecular weight is 366 g/mol. The fourth-order valence-corrected chi connectivity index (χ4v) is 2.28. The summed E-state index contributed by atoms with van der Waals surface area (Å²) in [6.45, 7) is 0.680. The van der Waals surface area contributed by atoms with Gasteiger partial charge in [-0.1, -0.05) is 30.3 Å². The van der Waals surface area contributed by atoms with Crippen molar-refractivity contribution in [1.82, 2.24) is 15.2 Å². The number of nitrogens with zero attached hydrogens (tertiary/aromatic N) is 2. The van der Waals surface area contributed by atoms with Gasteiger partial charge >= 0.3 is 6.18 Å². The Balaban J connectivity index is 1.85. The summed E-state index contributed by atoms with van der Waals surface area (Å²) in [5.41, 5.74) is 1.87. The van der Waals surface area contributed by atoms with Gasteiger partial charge in [-0.3, -0.25) is 9.79 Å². The molecule has 140 valence electrons. The van der Waals surface area contributed by atoms with Gasteiger partial charge in [0.05, 0.1) is 13.0 Å². The topological polar surface area (TPSA) is 58.4 Å². The maximum atomic E-state index is 12.2. The van der Waals surface area contributed by atoms with E-state index in [0.717, 1.165) is 11.1 Å². The number of alkyl halides is 3. The molecule has 1 aromatic carbocycles. The van der Waals surface area contributed by atoms with Gasteiger partial charge < -0.3 is 15.2 Å². The van der Waals surface area contributed by atoms with Crippen molar-refractivity contribution in [2.45, 2.75) is 25.7 Å². The SMILES string of the molecule is CN=C(NCCC(F)(F)F)NCc1ccc(Cn2ccccc2=O)cc1. The zero-order valence-corrected chi connectivity index (χ0v) is 14.4. The zero-order chi connectivity index (χ0) is 19.0. The van der Waals surface area contributed by atoms with Gasteiger partial charge in [0.25, 0.3) is 5.56 Å². The van der Waals surface area contributed by atoms with Crippen molar-refractivity contribution in [3.63, 3.8) is 0 Å². The predicted octanol–water partition coefficient (Wildman–Crippen LogP) is 2.51. The Hall–Kier alpha value is -2.77. The van der Waals surface area contributed by atoms with Crippen molar-refractivity contribution in [1.29, 1.82) is 0 Å². The van der Waals surface area contributed by atoms with Crippen LogP contribution in [0.5, 0.6) is 0 Å². The van der Waals surface area contributed by atoms with Crippen molar-refractivity contribution in [3.05, 3.63) is 70.1 Å². The van der Waals surface area contributed by atoms with Gasteiger partial charge in [-0.25, -0.2) is 0 Å². The molecule has 8 heteroatoms. The minimum absolute atomic E-state index is 0.0630. The molecular weight excluding hydrogens is 345 g/mol. The Kier molecular flexibility index (Phi) is 6.82. The van der Waals surface area contributed by atoms with Crippen LogP contribution in [0.4, 0.5) is 13.2 Å². The van der Waals surface area contributed by atoms with E-state index in [4.69, 9.17) is 0 Å². The lowest BCUT2D eigenvalue weighted by Gasteiger charge is -2.13. The van der Waals surface area contributed by atoms with Crippen LogP contribution >= 0.6 is 0 Å². The summed E-state index contributed by atoms with van der Waals surface area (Å²) in [4.78, 5) is 15.6. The molecule has 5 nitrogen and oxygen atoms in total. The summed E-state index contributed by atoms with van der Waals surface area (Å²) in [6, 6.07) is 12.6. The smallest absolute Gasteiger partial charge is 0.356 e. The van der Waals surface area contributed by atoms with Crippen molar-refractivity contribution in [2.24, 2.45) is 4.99 Å². The second-order valence-corrected chi connectivity index (χ2v) is 5.70. The highest BCUT2D eigenvalue weighted by molar-refractivity contribution is 5.79. The number of hydrogen-bond donors (Lipinski definition) is 2. The molecule has 0 radical (unpaired) electrons. The Labute approximate surface area is 149 Å². The Morgan fingerprint density at radius 2 is 1.77 bits per heavy atom. The van der Waals surface area contributed by atoms with Crippen LogP contribution in [0.1, 0.15) is 17.5 Å². The molecule has 0 amide bonds. The first-order chi connectivity index (χ1) is 12.4. The summed E-state index contributed by atoms with van der Waals surface area (Å²) in [5.74, 6) is 0.314. The molecule has 0 fully saturated rings. The number of pyridine rings is 1. The molecule has 0 saturated carbocycles. The molecule has 0 unspecified atom stereocenters. The van der Waals surface area contributed by atoms with Crippen LogP contribution in [0.2, 0.25) is 0 Å². The third kappa shape index (κ3) is 6.62. The van der Waals surface area contributed by atoms with Crippen LogP contribution < -0.4 is 16.2 Å². The highest BCUT2D eigenvalue weighted by atomic mass is 19.4. The first kappa shape index (κ1) is 19.6. The van der Waals surface area contributed by atoms with E-state index in [1.807, 2.05) is 24.3 Å². The standard InChI is InChI=1S/C18H21F3N4O/c1-22-17(23-10-9-18(19,20)21)24-12-14-5-7-15(8-6-14)13-25-11-3-2-4-16(25)26/h2-8,11H,9-10,12-13H2,1H3,(H2,22,23,24). The molecule has 0 aliphatic heterocycles. The lowest BCUT2D eigenvalue weighted by atomic mass is 10.1. The highest BCUT2D eigenvalue weighted by Gasteiger charge is 2.26. The van der Waals surface area contributed by atoms with Crippen molar-refractivity contribution in [3.8, 4) is 0 Å². The van der Waals surface area contributed by atoms with E-state index in [0.29, 0.717) is 19.0 Å². The maximum absolute atomic E-state index is 12.2. The van der Waals surface area contributed by atoms with E-state index in [-0.39, 0.29) is 12.1 Å². The number of guanidine groups is 1. The Morgan fingerprint density at radius 3 is 2.38 bits per heavy atom. The fourth-order valence-electron chi connectivity index (χ4n) is 2.28. The van der Waals surface area contributed by atoms with Gasteiger partial charge in [0.15, 0.2) is 5.96 Å². The summed E-state index contributed by atoms with van der Waals surface area (Å²) < 4.78 is 38.1. The van der Waals surface area contributed by atoms with Crippen molar-refractivity contribution < 1.29 is 13.2 Å². The molecule has 0 aliphatic rings. The number of hydrogen-bond acceptors (Lipinski definition) is 2. The van der Waals surface area contributed by atoms with Gasteiger partial charge in [-0.2, -0.15) is 13.2 Å². The van der Waals surface area contributed by atoms with Gasteiger partial charge in [0, 0.05) is 32.4 Å². The molecule has 1 aromatic heterocycles. The molecule has 0 aliphatic carbocycles. The van der Waals surface area contributed by atoms with Crippen LogP contribution in [0.15, 0.2) is 58.4 Å². The number of aliphatic imine (C=N–C) groups is 1. The van der Waals surface area contributed by atoms with Crippen molar-refractivity contribution >= 4 is 5.96 Å². The normalized spacial score (nSPS) is 12.1. The largest absolute Gasteiger partial charge is 0.390 e. The zero-order valence-electron chi connectivity index (χ0n) is 14.4. The van der Waals surface area contributed by atoms with E-state index in [1.54, 1.807) is 22.9 Å². The lowest BCUT2D eigenvalue weighted by molar-refractivity contribution is -0.132. The highest BCUT2D eigenvalue weighted by Crippen LogP contribution is 2.18. The quantitative estimate of drug-likeness (QED) is 0.610. The molecule has 0 spiro atoms. The maximum Gasteiger partial charge on any atom is 0.390 e. The predicted molar refractivity (Wildman–Crippen MR) is 95.1 cm³/mol. The molecule has 2 rings (SSSR count). The van der Waals surface area contributed by atoms with Gasteiger partial charge in [-0.05, 0) is 17.2 Å². The summed E-state index contributed by atoms with van der Waals surface area (Å²) >= 11 is 0. The van der Waals surface area contributed by atoms with Crippen LogP contribution in [-0.4, -0.2) is 30.3 Å². The van der Waals surface area contributed by atoms with Crippen LogP contribution in [-0.2, 0) is 13.1 Å². The third-order valence-electron chi connectivity index (χ3n) is 3.66. The van der Waals surface area contributed by atoms with Crippen LogP contribution in [0.25, 0.3) is 0 Å². The van der Waals surface area contributed by atoms with Gasteiger partial charge in [0.1, 0.15) is 0 Å². The third-order valence-corrected chi connectivity index (χ3v) is 3.66. The monoisotopic (exact) mass is 366 g/mol. The first-order valence-corrected chi connectivity index (χ1v) is 8.12. The van der Waals surface area contributed by atoms with Gasteiger partial charge in [-0.15, -0.1) is 0 Å². The minimum atomic E-state index is -4.19. The molecule has 0 bridgehead atoms. The molecule has 26 heavy (non-hydrogen) atoms. The van der Waals surface area contributed by atoms with Crippen molar-refractivity contribution in [2.75, 3.05) is 13.6 Å². The molecule has 2 N–H and O–H groups in total. The minimum Gasteiger partial charge on any atom is -0.356 e. The number of aromatic nitrogens is 1. The average Bonchev–Trinajstić information content (AvgIpc) is 2.60. The van der Waals surface area contributed by atoms with Gasteiger partial charge in [0.2, 0.25) is 0 Å². The number of halogens is 3. The van der Waals surface area contributed by atoms with E-state index >= 15 is 0 Å². The van der Waals surface area contributed by atoms with Crippen LogP contribution in [0.3, 0.4) is 0 Å². The van der Waals surface area contributed by atoms with E-state index in [2.05, 4.69) is 15.6 Å². The second kappa shape index (κ2) is 9.07. The molecule has 2 aromatic rings. The summed E-state index contributed by atoms with van der Waals surface area (Å²) in [5, 5.41) is 5.59. The summed E-state index contributed by atoms with van der Waals surface area (Å²) in [6.07, 6.45) is -3.38. The lowest BCUT2D eigenvalue weighted by Crippen LogP contribution is -2.38. The number of nitrogens with one attached hydrogen (secondary N) is 2. The van der Waals surface area contributed by atoms with E-state index in [1.165, 1.54) is 13.1 Å². The number of benzene rings is 1. The van der Waals surface area contributed by atoms with E-state index in [9.17, 15) is 18.0 Å². The molecule has 1 heterocycles. The fraction of sp³-hybridized carbons (Fsp3) is 0.333. The molecule has 0 saturated heterocycles.